The Morgan fingerprint density at radius 1 is 1.26 bits per heavy atom. The lowest BCUT2D eigenvalue weighted by atomic mass is 10.1. The Bertz CT molecular complexity index is 762. The molecule has 0 unspecified atom stereocenters. The smallest absolute Gasteiger partial charge is 0.269 e. The zero-order chi connectivity index (χ0) is 16.4. The Morgan fingerprint density at radius 3 is 2.65 bits per heavy atom. The van der Waals surface area contributed by atoms with Gasteiger partial charge in [-0.15, -0.1) is 0 Å². The predicted molar refractivity (Wildman–Crippen MR) is 92.5 cm³/mol. The highest BCUT2D eigenvalue weighted by Gasteiger charge is 2.20. The number of anilines is 2. The minimum Gasteiger partial charge on any atom is -0.497 e. The Labute approximate surface area is 138 Å². The highest BCUT2D eigenvalue weighted by Crippen LogP contribution is 2.33. The summed E-state index contributed by atoms with van der Waals surface area (Å²) < 4.78 is 5.31. The standard InChI is InChI=1S/C16H15N3O3S/c1-22-14-7-2-11-8-15(23)10-17-18(16(11)9-14)12-3-5-13(6-4-12)19(20)21/h2-7,9,17H,8,10H2,1H3. The van der Waals surface area contributed by atoms with Gasteiger partial charge in [-0.25, -0.2) is 5.43 Å². The van der Waals surface area contributed by atoms with E-state index in [0.717, 1.165) is 27.6 Å². The number of nitro benzene ring substituents is 1. The van der Waals surface area contributed by atoms with Crippen molar-refractivity contribution < 1.29 is 9.66 Å². The SMILES string of the molecule is COc1ccc2c(c1)N(c1ccc([N+](=O)[O-])cc1)NCC(=S)C2. The molecule has 1 aliphatic rings. The molecule has 0 saturated heterocycles. The summed E-state index contributed by atoms with van der Waals surface area (Å²) in [7, 11) is 1.62. The lowest BCUT2D eigenvalue weighted by Crippen LogP contribution is -2.35. The zero-order valence-electron chi connectivity index (χ0n) is 12.5. The third-order valence-electron chi connectivity index (χ3n) is 3.67. The largest absolute Gasteiger partial charge is 0.497 e. The molecule has 7 heteroatoms. The molecule has 0 atom stereocenters. The Morgan fingerprint density at radius 2 is 2.00 bits per heavy atom. The molecule has 2 aromatic carbocycles. The molecular weight excluding hydrogens is 314 g/mol. The van der Waals surface area contributed by atoms with Crippen LogP contribution in [0.2, 0.25) is 0 Å². The van der Waals surface area contributed by atoms with E-state index in [0.29, 0.717) is 13.0 Å². The van der Waals surface area contributed by atoms with E-state index >= 15 is 0 Å². The minimum atomic E-state index is -0.411. The molecule has 1 heterocycles. The lowest BCUT2D eigenvalue weighted by Gasteiger charge is -2.25. The van der Waals surface area contributed by atoms with Crippen LogP contribution in [0.4, 0.5) is 17.1 Å². The van der Waals surface area contributed by atoms with Gasteiger partial charge in [-0.1, -0.05) is 18.3 Å². The second-order valence-electron chi connectivity index (χ2n) is 5.15. The van der Waals surface area contributed by atoms with Crippen LogP contribution in [0.25, 0.3) is 0 Å². The van der Waals surface area contributed by atoms with Crippen molar-refractivity contribution in [2.24, 2.45) is 0 Å². The molecule has 0 saturated carbocycles. The summed E-state index contributed by atoms with van der Waals surface area (Å²) in [5.41, 5.74) is 6.14. The van der Waals surface area contributed by atoms with Gasteiger partial charge in [0, 0.05) is 36.0 Å². The second-order valence-corrected chi connectivity index (χ2v) is 5.73. The van der Waals surface area contributed by atoms with Crippen LogP contribution in [0.1, 0.15) is 5.56 Å². The minimum absolute atomic E-state index is 0.0601. The lowest BCUT2D eigenvalue weighted by molar-refractivity contribution is -0.384. The van der Waals surface area contributed by atoms with Gasteiger partial charge in [-0.2, -0.15) is 0 Å². The molecule has 1 N–H and O–H groups in total. The first-order valence-electron chi connectivity index (χ1n) is 7.05. The molecule has 3 rings (SSSR count). The number of fused-ring (bicyclic) bond motifs is 1. The maximum absolute atomic E-state index is 10.8. The Kier molecular flexibility index (Phi) is 4.22. The molecule has 0 bridgehead atoms. The summed E-state index contributed by atoms with van der Waals surface area (Å²) in [6.07, 6.45) is 0.700. The van der Waals surface area contributed by atoms with Crippen molar-refractivity contribution in [3.8, 4) is 5.75 Å². The van der Waals surface area contributed by atoms with E-state index in [2.05, 4.69) is 5.43 Å². The summed E-state index contributed by atoms with van der Waals surface area (Å²) in [4.78, 5) is 11.3. The van der Waals surface area contributed by atoms with E-state index in [1.54, 1.807) is 19.2 Å². The van der Waals surface area contributed by atoms with Gasteiger partial charge in [0.2, 0.25) is 0 Å². The fourth-order valence-corrected chi connectivity index (χ4v) is 2.73. The first kappa shape index (κ1) is 15.4. The van der Waals surface area contributed by atoms with Crippen molar-refractivity contribution in [1.82, 2.24) is 5.43 Å². The van der Waals surface area contributed by atoms with Crippen molar-refractivity contribution in [2.75, 3.05) is 18.7 Å². The number of hydrogen-bond acceptors (Lipinski definition) is 6. The fourth-order valence-electron chi connectivity index (χ4n) is 2.51. The molecule has 0 spiro atoms. The zero-order valence-corrected chi connectivity index (χ0v) is 13.3. The molecule has 0 fully saturated rings. The molecule has 6 nitrogen and oxygen atoms in total. The van der Waals surface area contributed by atoms with Gasteiger partial charge >= 0.3 is 0 Å². The molecule has 0 radical (unpaired) electrons. The highest BCUT2D eigenvalue weighted by atomic mass is 32.1. The van der Waals surface area contributed by atoms with Gasteiger partial charge in [0.1, 0.15) is 5.75 Å². The topological polar surface area (TPSA) is 67.6 Å². The van der Waals surface area contributed by atoms with Crippen LogP contribution in [0, 0.1) is 10.1 Å². The number of ether oxygens (including phenoxy) is 1. The molecule has 0 aliphatic carbocycles. The Hall–Kier alpha value is -2.51. The molecule has 0 aromatic heterocycles. The number of benzene rings is 2. The first-order chi connectivity index (χ1) is 11.1. The van der Waals surface area contributed by atoms with Gasteiger partial charge in [0.15, 0.2) is 0 Å². The molecular formula is C16H15N3O3S. The van der Waals surface area contributed by atoms with E-state index in [1.165, 1.54) is 12.1 Å². The number of non-ortho nitro benzene ring substituents is 1. The van der Waals surface area contributed by atoms with Crippen LogP contribution in [-0.4, -0.2) is 23.4 Å². The number of hydrazine groups is 1. The average Bonchev–Trinajstić information content (AvgIpc) is 2.72. The molecule has 1 aliphatic heterocycles. The van der Waals surface area contributed by atoms with E-state index in [4.69, 9.17) is 17.0 Å². The van der Waals surface area contributed by atoms with Crippen LogP contribution in [-0.2, 0) is 6.42 Å². The number of methoxy groups -OCH3 is 1. The third kappa shape index (κ3) is 3.15. The van der Waals surface area contributed by atoms with E-state index in [1.807, 2.05) is 23.2 Å². The van der Waals surface area contributed by atoms with Crippen LogP contribution < -0.4 is 15.2 Å². The van der Waals surface area contributed by atoms with Crippen LogP contribution in [0.3, 0.4) is 0 Å². The summed E-state index contributed by atoms with van der Waals surface area (Å²) in [5.74, 6) is 0.741. The van der Waals surface area contributed by atoms with Gasteiger partial charge in [0.05, 0.1) is 23.4 Å². The molecule has 118 valence electrons. The Balaban J connectivity index is 2.05. The maximum Gasteiger partial charge on any atom is 0.269 e. The normalized spacial score (nSPS) is 14.1. The summed E-state index contributed by atoms with van der Waals surface area (Å²) in [5, 5.41) is 12.7. The average molecular weight is 329 g/mol. The molecule has 0 amide bonds. The second kappa shape index (κ2) is 6.31. The number of nitrogens with one attached hydrogen (secondary N) is 1. The number of nitrogens with zero attached hydrogens (tertiary/aromatic N) is 2. The van der Waals surface area contributed by atoms with Crippen molar-refractivity contribution in [3.05, 3.63) is 58.1 Å². The molecule has 23 heavy (non-hydrogen) atoms. The maximum atomic E-state index is 10.8. The number of nitro groups is 1. The van der Waals surface area contributed by atoms with E-state index < -0.39 is 4.92 Å². The van der Waals surface area contributed by atoms with Crippen LogP contribution >= 0.6 is 12.2 Å². The van der Waals surface area contributed by atoms with Crippen LogP contribution in [0.5, 0.6) is 5.75 Å². The van der Waals surface area contributed by atoms with Crippen molar-refractivity contribution in [3.63, 3.8) is 0 Å². The van der Waals surface area contributed by atoms with Crippen LogP contribution in [0.15, 0.2) is 42.5 Å². The third-order valence-corrected chi connectivity index (χ3v) is 3.96. The van der Waals surface area contributed by atoms with Gasteiger partial charge in [0.25, 0.3) is 5.69 Å². The van der Waals surface area contributed by atoms with E-state index in [-0.39, 0.29) is 5.69 Å². The molecule has 2 aromatic rings. The summed E-state index contributed by atoms with van der Waals surface area (Å²) in [6.45, 7) is 0.559. The predicted octanol–water partition coefficient (Wildman–Crippen LogP) is 3.17. The number of thiocarbonyl (C=S) groups is 1. The van der Waals surface area contributed by atoms with E-state index in [9.17, 15) is 10.1 Å². The summed E-state index contributed by atoms with van der Waals surface area (Å²) in [6, 6.07) is 12.2. The van der Waals surface area contributed by atoms with Gasteiger partial charge in [-0.3, -0.25) is 15.1 Å². The van der Waals surface area contributed by atoms with Crippen molar-refractivity contribution in [2.45, 2.75) is 6.42 Å². The summed E-state index contributed by atoms with van der Waals surface area (Å²) >= 11 is 5.38. The number of rotatable bonds is 3. The van der Waals surface area contributed by atoms with Crippen molar-refractivity contribution in [1.29, 1.82) is 0 Å². The van der Waals surface area contributed by atoms with Gasteiger partial charge < -0.3 is 4.74 Å². The quantitative estimate of drug-likeness (QED) is 0.530. The first-order valence-corrected chi connectivity index (χ1v) is 7.46. The van der Waals surface area contributed by atoms with Crippen molar-refractivity contribution >= 4 is 34.1 Å². The fraction of sp³-hybridized carbons (Fsp3) is 0.188. The number of hydrogen-bond donors (Lipinski definition) is 1. The van der Waals surface area contributed by atoms with Gasteiger partial charge in [-0.05, 0) is 23.8 Å². The monoisotopic (exact) mass is 329 g/mol. The highest BCUT2D eigenvalue weighted by molar-refractivity contribution is 7.80.